The highest BCUT2D eigenvalue weighted by Crippen LogP contribution is 2.09. The maximum absolute atomic E-state index is 2.35. The number of allylic oxidation sites excluding steroid dienone is 2. The lowest BCUT2D eigenvalue weighted by Gasteiger charge is -2.01. The van der Waals surface area contributed by atoms with Gasteiger partial charge in [0.2, 0.25) is 0 Å². The van der Waals surface area contributed by atoms with Crippen molar-refractivity contribution >= 4 is 11.8 Å². The summed E-state index contributed by atoms with van der Waals surface area (Å²) in [5.41, 5.74) is 0. The third-order valence-corrected chi connectivity index (χ3v) is 3.45. The Balaban J connectivity index is 3.03. The van der Waals surface area contributed by atoms with E-state index in [1.165, 1.54) is 43.6 Å². The van der Waals surface area contributed by atoms with Crippen LogP contribution in [-0.2, 0) is 0 Å². The number of rotatable bonds is 9. The van der Waals surface area contributed by atoms with E-state index in [1.807, 2.05) is 0 Å². The van der Waals surface area contributed by atoms with Gasteiger partial charge in [-0.15, -0.1) is 0 Å². The first-order valence-corrected chi connectivity index (χ1v) is 7.15. The molecule has 0 aliphatic heterocycles. The summed E-state index contributed by atoms with van der Waals surface area (Å²) in [6.45, 7) is 6.83. The molecular weight excluding hydrogens is 188 g/mol. The molecular formula is C13H26S. The summed E-state index contributed by atoms with van der Waals surface area (Å²) >= 11 is 2.08. The van der Waals surface area contributed by atoms with Crippen LogP contribution in [0.25, 0.3) is 0 Å². The van der Waals surface area contributed by atoms with Crippen molar-refractivity contribution in [2.75, 3.05) is 11.5 Å². The summed E-state index contributed by atoms with van der Waals surface area (Å²) < 4.78 is 0. The lowest BCUT2D eigenvalue weighted by molar-refractivity contribution is 0.728. The van der Waals surface area contributed by atoms with Crippen LogP contribution in [0.2, 0.25) is 0 Å². The largest absolute Gasteiger partial charge is 0.161 e. The molecule has 0 radical (unpaired) electrons. The zero-order chi connectivity index (χ0) is 10.6. The van der Waals surface area contributed by atoms with Crippen LogP contribution >= 0.6 is 11.8 Å². The molecule has 0 unspecified atom stereocenters. The Morgan fingerprint density at radius 3 is 2.43 bits per heavy atom. The second-order valence-electron chi connectivity index (χ2n) is 4.22. The van der Waals surface area contributed by atoms with Crippen LogP contribution in [0.1, 0.15) is 52.9 Å². The van der Waals surface area contributed by atoms with Gasteiger partial charge in [-0.05, 0) is 36.7 Å². The Morgan fingerprint density at radius 1 is 1.07 bits per heavy atom. The summed E-state index contributed by atoms with van der Waals surface area (Å²) in [6.07, 6.45) is 11.3. The van der Waals surface area contributed by atoms with E-state index < -0.39 is 0 Å². The van der Waals surface area contributed by atoms with Crippen LogP contribution in [0, 0.1) is 5.92 Å². The van der Waals surface area contributed by atoms with Gasteiger partial charge in [0, 0.05) is 0 Å². The molecule has 0 saturated heterocycles. The highest BCUT2D eigenvalue weighted by molar-refractivity contribution is 7.99. The fraction of sp³-hybridized carbons (Fsp3) is 0.846. The topological polar surface area (TPSA) is 0 Å². The predicted octanol–water partition coefficient (Wildman–Crippen LogP) is 4.90. The van der Waals surface area contributed by atoms with E-state index in [0.717, 1.165) is 5.92 Å². The maximum Gasteiger partial charge on any atom is -0.00328 e. The normalized spacial score (nSPS) is 11.7. The molecule has 0 fully saturated rings. The first-order valence-electron chi connectivity index (χ1n) is 6.00. The summed E-state index contributed by atoms with van der Waals surface area (Å²) in [6, 6.07) is 0. The van der Waals surface area contributed by atoms with Crippen LogP contribution in [0.3, 0.4) is 0 Å². The highest BCUT2D eigenvalue weighted by atomic mass is 32.2. The molecule has 0 aliphatic rings. The fourth-order valence-corrected chi connectivity index (χ4v) is 2.16. The average molecular weight is 214 g/mol. The van der Waals surface area contributed by atoms with Gasteiger partial charge in [-0.25, -0.2) is 0 Å². The number of hydrogen-bond donors (Lipinski definition) is 0. The van der Waals surface area contributed by atoms with Crippen molar-refractivity contribution in [3.63, 3.8) is 0 Å². The van der Waals surface area contributed by atoms with Crippen molar-refractivity contribution in [3.05, 3.63) is 12.2 Å². The standard InChI is InChI=1S/C13H26S/c1-4-5-6-7-8-9-10-11-14-12-13(2)3/h8-9,13H,4-7,10-12H2,1-3H3. The molecule has 0 N–H and O–H groups in total. The van der Waals surface area contributed by atoms with E-state index in [0.29, 0.717) is 0 Å². The van der Waals surface area contributed by atoms with E-state index in [2.05, 4.69) is 44.7 Å². The molecule has 84 valence electrons. The van der Waals surface area contributed by atoms with Crippen molar-refractivity contribution < 1.29 is 0 Å². The van der Waals surface area contributed by atoms with Gasteiger partial charge in [0.1, 0.15) is 0 Å². The number of thioether (sulfide) groups is 1. The molecule has 0 atom stereocenters. The second-order valence-corrected chi connectivity index (χ2v) is 5.37. The van der Waals surface area contributed by atoms with Gasteiger partial charge in [-0.1, -0.05) is 45.8 Å². The minimum atomic E-state index is 0.841. The van der Waals surface area contributed by atoms with E-state index >= 15 is 0 Å². The summed E-state index contributed by atoms with van der Waals surface area (Å²) in [4.78, 5) is 0. The minimum Gasteiger partial charge on any atom is -0.161 e. The third kappa shape index (κ3) is 12.1. The first kappa shape index (κ1) is 14.1. The monoisotopic (exact) mass is 214 g/mol. The van der Waals surface area contributed by atoms with Crippen molar-refractivity contribution in [1.29, 1.82) is 0 Å². The Labute approximate surface area is 94.6 Å². The van der Waals surface area contributed by atoms with Gasteiger partial charge >= 0.3 is 0 Å². The van der Waals surface area contributed by atoms with Gasteiger partial charge in [0.05, 0.1) is 0 Å². The molecule has 0 heterocycles. The number of hydrogen-bond acceptors (Lipinski definition) is 1. The highest BCUT2D eigenvalue weighted by Gasteiger charge is 1.92. The quantitative estimate of drug-likeness (QED) is 0.388. The predicted molar refractivity (Wildman–Crippen MR) is 70.1 cm³/mol. The van der Waals surface area contributed by atoms with Gasteiger partial charge in [-0.3, -0.25) is 0 Å². The molecule has 0 spiro atoms. The Kier molecular flexibility index (Phi) is 11.2. The lowest BCUT2D eigenvalue weighted by Crippen LogP contribution is -1.91. The third-order valence-electron chi connectivity index (χ3n) is 2.02. The van der Waals surface area contributed by atoms with Crippen LogP contribution in [-0.4, -0.2) is 11.5 Å². The van der Waals surface area contributed by atoms with Crippen molar-refractivity contribution in [3.8, 4) is 0 Å². The molecule has 0 aromatic rings. The Bertz CT molecular complexity index is 127. The summed E-state index contributed by atoms with van der Waals surface area (Å²) in [7, 11) is 0. The second kappa shape index (κ2) is 11.2. The molecule has 1 heteroatoms. The van der Waals surface area contributed by atoms with Crippen LogP contribution < -0.4 is 0 Å². The van der Waals surface area contributed by atoms with E-state index in [9.17, 15) is 0 Å². The van der Waals surface area contributed by atoms with Crippen LogP contribution in [0.5, 0.6) is 0 Å². The molecule has 0 nitrogen and oxygen atoms in total. The summed E-state index contributed by atoms with van der Waals surface area (Å²) in [5.74, 6) is 3.44. The molecule has 14 heavy (non-hydrogen) atoms. The van der Waals surface area contributed by atoms with Crippen molar-refractivity contribution in [2.24, 2.45) is 5.92 Å². The average Bonchev–Trinajstić information content (AvgIpc) is 2.15. The van der Waals surface area contributed by atoms with Gasteiger partial charge in [0.25, 0.3) is 0 Å². The molecule has 0 aromatic carbocycles. The van der Waals surface area contributed by atoms with Crippen LogP contribution in [0.4, 0.5) is 0 Å². The van der Waals surface area contributed by atoms with E-state index in [-0.39, 0.29) is 0 Å². The Hall–Kier alpha value is 0.0900. The van der Waals surface area contributed by atoms with E-state index in [1.54, 1.807) is 0 Å². The van der Waals surface area contributed by atoms with Gasteiger partial charge in [-0.2, -0.15) is 11.8 Å². The molecule has 0 amide bonds. The lowest BCUT2D eigenvalue weighted by atomic mass is 10.2. The summed E-state index contributed by atoms with van der Waals surface area (Å²) in [5, 5.41) is 0. The smallest absolute Gasteiger partial charge is 0.00328 e. The minimum absolute atomic E-state index is 0.841. The zero-order valence-electron chi connectivity index (χ0n) is 10.1. The van der Waals surface area contributed by atoms with Crippen LogP contribution in [0.15, 0.2) is 12.2 Å². The SMILES string of the molecule is CCCCCC=CCCSCC(C)C. The number of unbranched alkanes of at least 4 members (excludes halogenated alkanes) is 3. The first-order chi connectivity index (χ1) is 6.77. The molecule has 0 aliphatic carbocycles. The Morgan fingerprint density at radius 2 is 1.79 bits per heavy atom. The van der Waals surface area contributed by atoms with Crippen molar-refractivity contribution in [2.45, 2.75) is 52.9 Å². The zero-order valence-corrected chi connectivity index (χ0v) is 10.9. The fourth-order valence-electron chi connectivity index (χ4n) is 1.22. The maximum atomic E-state index is 2.35. The van der Waals surface area contributed by atoms with E-state index in [4.69, 9.17) is 0 Å². The molecule has 0 saturated carbocycles. The van der Waals surface area contributed by atoms with Crippen molar-refractivity contribution in [1.82, 2.24) is 0 Å². The molecule has 0 aromatic heterocycles. The molecule has 0 rings (SSSR count). The van der Waals surface area contributed by atoms with Gasteiger partial charge < -0.3 is 0 Å². The van der Waals surface area contributed by atoms with Gasteiger partial charge in [0.15, 0.2) is 0 Å². The molecule has 0 bridgehead atoms.